The van der Waals surface area contributed by atoms with Crippen LogP contribution in [0.2, 0.25) is 0 Å². The predicted molar refractivity (Wildman–Crippen MR) is 64.3 cm³/mol. The van der Waals surface area contributed by atoms with Crippen molar-refractivity contribution in [2.75, 3.05) is 7.11 Å². The fourth-order valence-electron chi connectivity index (χ4n) is 1.20. The molecule has 1 N–H and O–H groups in total. The van der Waals surface area contributed by atoms with Gasteiger partial charge < -0.3 is 9.72 Å². The fourth-order valence-corrected chi connectivity index (χ4v) is 1.88. The molecule has 1 aromatic carbocycles. The van der Waals surface area contributed by atoms with E-state index >= 15 is 0 Å². The molecule has 78 valence electrons. The van der Waals surface area contributed by atoms with Gasteiger partial charge in [-0.05, 0) is 44.0 Å². The average molecular weight is 334 g/mol. The summed E-state index contributed by atoms with van der Waals surface area (Å²) in [6.07, 6.45) is 0. The molecule has 0 radical (unpaired) electrons. The van der Waals surface area contributed by atoms with Crippen LogP contribution in [0.25, 0.3) is 11.0 Å². The van der Waals surface area contributed by atoms with Gasteiger partial charge in [0.15, 0.2) is 0 Å². The first-order valence-electron chi connectivity index (χ1n) is 4.05. The van der Waals surface area contributed by atoms with Crippen molar-refractivity contribution >= 4 is 42.9 Å². The molecule has 2 aromatic rings. The minimum Gasteiger partial charge on any atom is -0.477 e. The number of hydrogen-bond donors (Lipinski definition) is 1. The number of fused-ring (bicyclic) bond motifs is 1. The summed E-state index contributed by atoms with van der Waals surface area (Å²) in [6.45, 7) is 0. The van der Waals surface area contributed by atoms with Crippen LogP contribution in [0.4, 0.5) is 0 Å². The number of nitrogens with zero attached hydrogens (tertiary/aromatic N) is 1. The smallest absolute Gasteiger partial charge is 0.311 e. The summed E-state index contributed by atoms with van der Waals surface area (Å²) in [5.41, 5.74) is 0.997. The van der Waals surface area contributed by atoms with Gasteiger partial charge in [0.1, 0.15) is 0 Å². The number of halogens is 2. The Morgan fingerprint density at radius 2 is 2.00 bits per heavy atom. The minimum absolute atomic E-state index is 0.0664. The Labute approximate surface area is 102 Å². The number of ether oxygens (including phenoxy) is 1. The van der Waals surface area contributed by atoms with Crippen LogP contribution in [0.5, 0.6) is 5.88 Å². The Morgan fingerprint density at radius 3 is 2.67 bits per heavy atom. The maximum absolute atomic E-state index is 11.4. The van der Waals surface area contributed by atoms with E-state index in [1.165, 1.54) is 7.11 Å². The Kier molecular flexibility index (Phi) is 2.79. The summed E-state index contributed by atoms with van der Waals surface area (Å²) in [7, 11) is 1.41. The topological polar surface area (TPSA) is 55.0 Å². The van der Waals surface area contributed by atoms with E-state index < -0.39 is 0 Å². The molecule has 0 unspecified atom stereocenters. The van der Waals surface area contributed by atoms with Crippen molar-refractivity contribution in [3.8, 4) is 5.88 Å². The SMILES string of the molecule is COc1nc2cc(Br)c(Br)cc2[nH]c1=O. The minimum atomic E-state index is -0.334. The molecule has 0 spiro atoms. The summed E-state index contributed by atoms with van der Waals surface area (Å²) >= 11 is 6.71. The van der Waals surface area contributed by atoms with Gasteiger partial charge in [0, 0.05) is 8.95 Å². The highest BCUT2D eigenvalue weighted by atomic mass is 79.9. The summed E-state index contributed by atoms with van der Waals surface area (Å²) < 4.78 is 6.57. The molecule has 2 rings (SSSR count). The van der Waals surface area contributed by atoms with Crippen molar-refractivity contribution in [3.05, 3.63) is 31.4 Å². The van der Waals surface area contributed by atoms with Gasteiger partial charge in [-0.25, -0.2) is 4.98 Å². The van der Waals surface area contributed by atoms with Gasteiger partial charge in [-0.2, -0.15) is 0 Å². The summed E-state index contributed by atoms with van der Waals surface area (Å²) in [5, 5.41) is 0. The third-order valence-corrected chi connectivity index (χ3v) is 3.74. The number of aromatic nitrogens is 2. The zero-order valence-corrected chi connectivity index (χ0v) is 10.8. The van der Waals surface area contributed by atoms with Crippen LogP contribution < -0.4 is 10.3 Å². The van der Waals surface area contributed by atoms with E-state index in [0.717, 1.165) is 8.95 Å². The number of methoxy groups -OCH3 is 1. The lowest BCUT2D eigenvalue weighted by atomic mass is 10.3. The largest absolute Gasteiger partial charge is 0.477 e. The molecule has 0 saturated heterocycles. The Hall–Kier alpha value is -0.880. The Balaban J connectivity index is 2.82. The van der Waals surface area contributed by atoms with E-state index in [4.69, 9.17) is 4.74 Å². The molecule has 6 heteroatoms. The second-order valence-electron chi connectivity index (χ2n) is 2.86. The first kappa shape index (κ1) is 10.6. The molecule has 0 atom stereocenters. The molecule has 0 fully saturated rings. The standard InChI is InChI=1S/C9H6Br2N2O2/c1-15-9-8(14)12-6-2-4(10)5(11)3-7(6)13-9/h2-3H,1H3,(H,12,14). The molecular formula is C9H6Br2N2O2. The molecule has 0 aliphatic heterocycles. The van der Waals surface area contributed by atoms with E-state index in [1.54, 1.807) is 12.1 Å². The number of nitrogens with one attached hydrogen (secondary N) is 1. The van der Waals surface area contributed by atoms with E-state index in [-0.39, 0.29) is 11.4 Å². The molecule has 4 nitrogen and oxygen atoms in total. The monoisotopic (exact) mass is 332 g/mol. The van der Waals surface area contributed by atoms with E-state index in [1.807, 2.05) is 0 Å². The van der Waals surface area contributed by atoms with Crippen molar-refractivity contribution in [1.82, 2.24) is 9.97 Å². The van der Waals surface area contributed by atoms with Gasteiger partial charge in [0.2, 0.25) is 0 Å². The molecule has 1 aromatic heterocycles. The molecule has 0 aliphatic carbocycles. The van der Waals surface area contributed by atoms with Gasteiger partial charge in [-0.1, -0.05) is 0 Å². The summed E-state index contributed by atoms with van der Waals surface area (Å²) in [4.78, 5) is 18.2. The summed E-state index contributed by atoms with van der Waals surface area (Å²) in [6, 6.07) is 3.59. The summed E-state index contributed by atoms with van der Waals surface area (Å²) in [5.74, 6) is 0.0664. The van der Waals surface area contributed by atoms with Gasteiger partial charge in [-0.15, -0.1) is 0 Å². The van der Waals surface area contributed by atoms with Crippen molar-refractivity contribution < 1.29 is 4.74 Å². The lowest BCUT2D eigenvalue weighted by molar-refractivity contribution is 0.393. The first-order valence-corrected chi connectivity index (χ1v) is 5.63. The quantitative estimate of drug-likeness (QED) is 0.872. The highest BCUT2D eigenvalue weighted by molar-refractivity contribution is 9.13. The Morgan fingerprint density at radius 1 is 1.33 bits per heavy atom. The van der Waals surface area contributed by atoms with Crippen molar-refractivity contribution in [2.24, 2.45) is 0 Å². The molecule has 1 heterocycles. The third-order valence-electron chi connectivity index (χ3n) is 1.90. The van der Waals surface area contributed by atoms with Gasteiger partial charge in [-0.3, -0.25) is 4.79 Å². The molecule has 0 amide bonds. The van der Waals surface area contributed by atoms with Crippen LogP contribution in [0.15, 0.2) is 25.9 Å². The second kappa shape index (κ2) is 3.94. The van der Waals surface area contributed by atoms with Crippen LogP contribution in [0.1, 0.15) is 0 Å². The molecular weight excluding hydrogens is 328 g/mol. The van der Waals surface area contributed by atoms with Crippen molar-refractivity contribution in [3.63, 3.8) is 0 Å². The maximum Gasteiger partial charge on any atom is 0.311 e. The first-order chi connectivity index (χ1) is 7.11. The van der Waals surface area contributed by atoms with E-state index in [9.17, 15) is 4.79 Å². The van der Waals surface area contributed by atoms with Crippen LogP contribution >= 0.6 is 31.9 Å². The zero-order chi connectivity index (χ0) is 11.0. The normalized spacial score (nSPS) is 10.6. The van der Waals surface area contributed by atoms with Crippen molar-refractivity contribution in [2.45, 2.75) is 0 Å². The van der Waals surface area contributed by atoms with Gasteiger partial charge in [0.05, 0.1) is 18.1 Å². The predicted octanol–water partition coefficient (Wildman–Crippen LogP) is 2.46. The second-order valence-corrected chi connectivity index (χ2v) is 4.57. The molecule has 15 heavy (non-hydrogen) atoms. The lowest BCUT2D eigenvalue weighted by Crippen LogP contribution is -2.11. The van der Waals surface area contributed by atoms with E-state index in [0.29, 0.717) is 11.0 Å². The fraction of sp³-hybridized carbons (Fsp3) is 0.111. The number of aromatic amines is 1. The average Bonchev–Trinajstić information content (AvgIpc) is 2.20. The highest BCUT2D eigenvalue weighted by Gasteiger charge is 2.06. The number of benzene rings is 1. The van der Waals surface area contributed by atoms with E-state index in [2.05, 4.69) is 41.8 Å². The third kappa shape index (κ3) is 1.91. The van der Waals surface area contributed by atoms with Gasteiger partial charge >= 0.3 is 5.56 Å². The van der Waals surface area contributed by atoms with Crippen LogP contribution in [-0.4, -0.2) is 17.1 Å². The molecule has 0 saturated carbocycles. The maximum atomic E-state index is 11.4. The van der Waals surface area contributed by atoms with Crippen LogP contribution in [-0.2, 0) is 0 Å². The van der Waals surface area contributed by atoms with Crippen LogP contribution in [0, 0.1) is 0 Å². The number of rotatable bonds is 1. The highest BCUT2D eigenvalue weighted by Crippen LogP contribution is 2.26. The lowest BCUT2D eigenvalue weighted by Gasteiger charge is -2.02. The number of hydrogen-bond acceptors (Lipinski definition) is 3. The van der Waals surface area contributed by atoms with Crippen LogP contribution in [0.3, 0.4) is 0 Å². The zero-order valence-electron chi connectivity index (χ0n) is 7.67. The molecule has 0 bridgehead atoms. The number of H-pyrrole nitrogens is 1. The van der Waals surface area contributed by atoms with Gasteiger partial charge in [0.25, 0.3) is 5.88 Å². The molecule has 0 aliphatic rings. The Bertz CT molecular complexity index is 580. The van der Waals surface area contributed by atoms with Crippen molar-refractivity contribution in [1.29, 1.82) is 0 Å².